The second kappa shape index (κ2) is 11.1. The predicted octanol–water partition coefficient (Wildman–Crippen LogP) is 4.16. The highest BCUT2D eigenvalue weighted by molar-refractivity contribution is 5.49. The molecule has 1 aliphatic heterocycles. The number of aliphatic hydroxyl groups excluding tert-OH is 1. The van der Waals surface area contributed by atoms with Crippen LogP contribution >= 0.6 is 0 Å². The van der Waals surface area contributed by atoms with E-state index in [-0.39, 0.29) is 18.4 Å². The van der Waals surface area contributed by atoms with Gasteiger partial charge in [-0.3, -0.25) is 14.3 Å². The first kappa shape index (κ1) is 28.9. The molecule has 2 unspecified atom stereocenters. The van der Waals surface area contributed by atoms with Crippen molar-refractivity contribution in [3.63, 3.8) is 0 Å². The Balaban J connectivity index is 1.46. The number of hydrogen-bond acceptors (Lipinski definition) is 7. The van der Waals surface area contributed by atoms with Crippen molar-refractivity contribution in [2.75, 3.05) is 20.8 Å². The van der Waals surface area contributed by atoms with Crippen LogP contribution < -0.4 is 20.7 Å². The van der Waals surface area contributed by atoms with Crippen molar-refractivity contribution in [2.45, 2.75) is 43.8 Å². The van der Waals surface area contributed by atoms with Crippen molar-refractivity contribution in [1.82, 2.24) is 9.55 Å². The Hall–Kier alpha value is -4.18. The number of aromatic nitrogens is 2. The van der Waals surface area contributed by atoms with E-state index < -0.39 is 34.8 Å². The van der Waals surface area contributed by atoms with Gasteiger partial charge in [-0.15, -0.1) is 0 Å². The van der Waals surface area contributed by atoms with Gasteiger partial charge in [-0.2, -0.15) is 0 Å². The van der Waals surface area contributed by atoms with Gasteiger partial charge in [-0.1, -0.05) is 61.5 Å². The number of ether oxygens (including phenoxy) is 4. The average Bonchev–Trinajstić information content (AvgIpc) is 3.45. The molecule has 2 aliphatic rings. The van der Waals surface area contributed by atoms with E-state index in [0.717, 1.165) is 16.7 Å². The SMILES string of the molecule is COc1ccc(C(OC[C@@]23CC(C)C([C@H](n4cc(C)c(=O)[nH]c4=O)O2)[C@H]3O)(c2ccccc2)c2ccc(OC)cc2)cc1. The van der Waals surface area contributed by atoms with Crippen molar-refractivity contribution in [2.24, 2.45) is 11.8 Å². The van der Waals surface area contributed by atoms with Crippen LogP contribution in [0.25, 0.3) is 0 Å². The Morgan fingerprint density at radius 1 is 0.930 bits per heavy atom. The highest BCUT2D eigenvalue weighted by Crippen LogP contribution is 2.56. The van der Waals surface area contributed by atoms with E-state index in [2.05, 4.69) is 4.98 Å². The molecule has 2 bridgehead atoms. The normalized spacial score (nSPS) is 24.7. The van der Waals surface area contributed by atoms with Crippen molar-refractivity contribution in [3.05, 3.63) is 128 Å². The number of nitrogens with one attached hydrogen (secondary N) is 1. The smallest absolute Gasteiger partial charge is 0.330 e. The number of aromatic amines is 1. The molecule has 0 spiro atoms. The molecule has 3 aromatic carbocycles. The summed E-state index contributed by atoms with van der Waals surface area (Å²) >= 11 is 0. The van der Waals surface area contributed by atoms with Crippen molar-refractivity contribution in [3.8, 4) is 11.5 Å². The van der Waals surface area contributed by atoms with Crippen molar-refractivity contribution < 1.29 is 24.1 Å². The zero-order valence-corrected chi connectivity index (χ0v) is 24.7. The summed E-state index contributed by atoms with van der Waals surface area (Å²) in [5, 5.41) is 11.7. The summed E-state index contributed by atoms with van der Waals surface area (Å²) < 4.78 is 26.0. The van der Waals surface area contributed by atoms with Gasteiger partial charge in [-0.25, -0.2) is 4.79 Å². The van der Waals surface area contributed by atoms with Crippen molar-refractivity contribution in [1.29, 1.82) is 0 Å². The fraction of sp³-hybridized carbons (Fsp3) is 0.353. The number of H-pyrrole nitrogens is 1. The van der Waals surface area contributed by atoms with Gasteiger partial charge in [0.25, 0.3) is 5.56 Å². The Morgan fingerprint density at radius 2 is 1.49 bits per heavy atom. The molecule has 6 rings (SSSR count). The minimum Gasteiger partial charge on any atom is -0.497 e. The quantitative estimate of drug-likeness (QED) is 0.284. The second-order valence-corrected chi connectivity index (χ2v) is 11.5. The molecule has 1 saturated heterocycles. The molecule has 1 aliphatic carbocycles. The van der Waals surface area contributed by atoms with Crippen LogP contribution in [-0.2, 0) is 15.1 Å². The van der Waals surface area contributed by atoms with E-state index >= 15 is 0 Å². The lowest BCUT2D eigenvalue weighted by atomic mass is 9.79. The fourth-order valence-corrected chi connectivity index (χ4v) is 6.84. The lowest BCUT2D eigenvalue weighted by molar-refractivity contribution is -0.175. The van der Waals surface area contributed by atoms with Gasteiger partial charge in [0.05, 0.1) is 26.9 Å². The maximum absolute atomic E-state index is 12.8. The zero-order chi connectivity index (χ0) is 30.4. The molecule has 4 aromatic rings. The summed E-state index contributed by atoms with van der Waals surface area (Å²) in [7, 11) is 3.25. The fourth-order valence-electron chi connectivity index (χ4n) is 6.84. The van der Waals surface area contributed by atoms with Crippen LogP contribution in [0.15, 0.2) is 94.6 Å². The molecule has 1 saturated carbocycles. The Bertz CT molecular complexity index is 1650. The number of hydrogen-bond donors (Lipinski definition) is 2. The average molecular weight is 585 g/mol. The summed E-state index contributed by atoms with van der Waals surface area (Å²) in [6.45, 7) is 3.72. The molecule has 2 fully saturated rings. The summed E-state index contributed by atoms with van der Waals surface area (Å²) in [5.41, 5.74) is -0.192. The maximum Gasteiger partial charge on any atom is 0.330 e. The molecule has 9 heteroatoms. The third kappa shape index (κ3) is 4.77. The van der Waals surface area contributed by atoms with Crippen LogP contribution in [0.5, 0.6) is 11.5 Å². The van der Waals surface area contributed by atoms with Gasteiger partial charge in [0.1, 0.15) is 28.9 Å². The number of rotatable bonds is 9. The molecule has 224 valence electrons. The third-order valence-corrected chi connectivity index (χ3v) is 9.04. The Labute approximate surface area is 249 Å². The van der Waals surface area contributed by atoms with Crippen LogP contribution in [0.1, 0.15) is 41.8 Å². The minimum absolute atomic E-state index is 0.0320. The molecule has 0 amide bonds. The molecule has 5 atom stereocenters. The molecule has 0 radical (unpaired) electrons. The first-order valence-corrected chi connectivity index (χ1v) is 14.4. The van der Waals surface area contributed by atoms with Crippen LogP contribution in [0.4, 0.5) is 0 Å². The summed E-state index contributed by atoms with van der Waals surface area (Å²) in [6.07, 6.45) is 0.400. The van der Waals surface area contributed by atoms with Gasteiger partial charge in [0.15, 0.2) is 0 Å². The first-order chi connectivity index (χ1) is 20.7. The van der Waals surface area contributed by atoms with E-state index in [9.17, 15) is 14.7 Å². The van der Waals surface area contributed by atoms with Gasteiger partial charge in [0.2, 0.25) is 0 Å². The first-order valence-electron chi connectivity index (χ1n) is 14.4. The summed E-state index contributed by atoms with van der Waals surface area (Å²) in [4.78, 5) is 27.3. The number of methoxy groups -OCH3 is 2. The Morgan fingerprint density at radius 3 is 2.05 bits per heavy atom. The second-order valence-electron chi connectivity index (χ2n) is 11.5. The molecule has 9 nitrogen and oxygen atoms in total. The summed E-state index contributed by atoms with van der Waals surface area (Å²) in [6, 6.07) is 25.4. The topological polar surface area (TPSA) is 112 Å². The van der Waals surface area contributed by atoms with Gasteiger partial charge < -0.3 is 24.1 Å². The highest BCUT2D eigenvalue weighted by atomic mass is 16.6. The number of fused-ring (bicyclic) bond motifs is 2. The maximum atomic E-state index is 12.8. The zero-order valence-electron chi connectivity index (χ0n) is 24.7. The lowest BCUT2D eigenvalue weighted by Crippen LogP contribution is -2.46. The van der Waals surface area contributed by atoms with Crippen LogP contribution in [0, 0.1) is 18.8 Å². The lowest BCUT2D eigenvalue weighted by Gasteiger charge is -2.40. The minimum atomic E-state index is -1.09. The molecule has 1 aromatic heterocycles. The standard InChI is InChI=1S/C34H36N2O7/c1-21-18-33(29(37)28(21)31(43-33)36-19-22(2)30(38)35-32(36)39)20-42-34(23-8-6-5-7-9-23,24-10-14-26(40-3)15-11-24)25-12-16-27(41-4)17-13-25/h5-17,19,21,28-29,31,37H,18,20H2,1-4H3,(H,35,38,39)/t21?,28?,29-,31-,33-/m1/s1. The van der Waals surface area contributed by atoms with E-state index in [1.165, 1.54) is 10.8 Å². The number of aliphatic hydroxyl groups is 1. The number of aryl methyl sites for hydroxylation is 1. The van der Waals surface area contributed by atoms with E-state index in [0.29, 0.717) is 23.5 Å². The molecule has 2 heterocycles. The van der Waals surface area contributed by atoms with Crippen molar-refractivity contribution >= 4 is 0 Å². The molecule has 2 N–H and O–H groups in total. The van der Waals surface area contributed by atoms with Crippen LogP contribution in [0.3, 0.4) is 0 Å². The van der Waals surface area contributed by atoms with Crippen LogP contribution in [-0.4, -0.2) is 47.2 Å². The molecular formula is C34H36N2O7. The van der Waals surface area contributed by atoms with E-state index in [1.54, 1.807) is 21.1 Å². The summed E-state index contributed by atoms with van der Waals surface area (Å²) in [5.74, 6) is 1.10. The largest absolute Gasteiger partial charge is 0.497 e. The third-order valence-electron chi connectivity index (χ3n) is 9.04. The molecule has 43 heavy (non-hydrogen) atoms. The van der Waals surface area contributed by atoms with Gasteiger partial charge in [0, 0.05) is 17.7 Å². The molecular weight excluding hydrogens is 548 g/mol. The predicted molar refractivity (Wildman–Crippen MR) is 160 cm³/mol. The van der Waals surface area contributed by atoms with E-state index in [1.807, 2.05) is 85.8 Å². The number of nitrogens with zero attached hydrogens (tertiary/aromatic N) is 1. The van der Waals surface area contributed by atoms with Gasteiger partial charge >= 0.3 is 5.69 Å². The van der Waals surface area contributed by atoms with Gasteiger partial charge in [-0.05, 0) is 60.2 Å². The van der Waals surface area contributed by atoms with Crippen LogP contribution in [0.2, 0.25) is 0 Å². The number of benzene rings is 3. The van der Waals surface area contributed by atoms with E-state index in [4.69, 9.17) is 18.9 Å². The highest BCUT2D eigenvalue weighted by Gasteiger charge is 2.64. The Kier molecular flexibility index (Phi) is 7.50. The monoisotopic (exact) mass is 584 g/mol.